The van der Waals surface area contributed by atoms with Crippen molar-refractivity contribution in [1.82, 2.24) is 9.80 Å². The van der Waals surface area contributed by atoms with Crippen molar-refractivity contribution in [1.29, 1.82) is 0 Å². The van der Waals surface area contributed by atoms with Crippen molar-refractivity contribution in [2.75, 3.05) is 20.1 Å². The minimum absolute atomic E-state index is 0.196. The summed E-state index contributed by atoms with van der Waals surface area (Å²) in [5.74, 6) is 0.196. The lowest BCUT2D eigenvalue weighted by Gasteiger charge is -2.42. The Morgan fingerprint density at radius 2 is 1.50 bits per heavy atom. The number of likely N-dealkylation sites (N-methyl/N-ethyl adjacent to an activating group) is 1. The Morgan fingerprint density at radius 3 is 1.79 bits per heavy atom. The van der Waals surface area contributed by atoms with Gasteiger partial charge in [-0.25, -0.2) is 0 Å². The molecule has 3 nitrogen and oxygen atoms in total. The molecule has 0 saturated carbocycles. The minimum Gasteiger partial charge on any atom is -0.340 e. The average Bonchev–Trinajstić information content (AvgIpc) is 2.16. The van der Waals surface area contributed by atoms with Crippen LogP contribution in [0.1, 0.15) is 34.6 Å². The van der Waals surface area contributed by atoms with Crippen molar-refractivity contribution in [2.24, 2.45) is 0 Å². The second kappa shape index (κ2) is 6.02. The third-order valence-corrected chi connectivity index (χ3v) is 2.81. The maximum absolute atomic E-state index is 11.1. The molecule has 0 unspecified atom stereocenters. The van der Waals surface area contributed by atoms with Gasteiger partial charge in [-0.2, -0.15) is 0 Å². The number of carbonyl (C=O) groups excluding carboxylic acids is 1. The van der Waals surface area contributed by atoms with Crippen molar-refractivity contribution < 1.29 is 4.79 Å². The Hall–Kier alpha value is -0.570. The molecule has 1 aliphatic heterocycles. The van der Waals surface area contributed by atoms with Crippen molar-refractivity contribution in [3.05, 3.63) is 0 Å². The summed E-state index contributed by atoms with van der Waals surface area (Å²) in [4.78, 5) is 15.3. The lowest BCUT2D eigenvalue weighted by Crippen LogP contribution is -2.55. The highest BCUT2D eigenvalue weighted by Crippen LogP contribution is 2.12. The third-order valence-electron chi connectivity index (χ3n) is 2.81. The van der Waals surface area contributed by atoms with Crippen LogP contribution in [0.25, 0.3) is 0 Å². The number of amides is 1. The molecule has 0 aromatic carbocycles. The van der Waals surface area contributed by atoms with Crippen LogP contribution in [0.15, 0.2) is 0 Å². The zero-order chi connectivity index (χ0) is 11.3. The van der Waals surface area contributed by atoms with Gasteiger partial charge in [-0.3, -0.25) is 9.69 Å². The minimum atomic E-state index is 0.196. The van der Waals surface area contributed by atoms with Crippen molar-refractivity contribution in [3.63, 3.8) is 0 Å². The van der Waals surface area contributed by atoms with Gasteiger partial charge in [0.1, 0.15) is 0 Å². The van der Waals surface area contributed by atoms with Gasteiger partial charge in [-0.1, -0.05) is 13.8 Å². The predicted octanol–water partition coefficient (Wildman–Crippen LogP) is 1.58. The monoisotopic (exact) mass is 200 g/mol. The molecule has 1 rings (SSSR count). The summed E-state index contributed by atoms with van der Waals surface area (Å²) >= 11 is 0. The Bertz CT molecular complexity index is 170. The van der Waals surface area contributed by atoms with E-state index in [4.69, 9.17) is 0 Å². The Labute approximate surface area is 88.1 Å². The highest BCUT2D eigenvalue weighted by molar-refractivity contribution is 5.73. The third kappa shape index (κ3) is 3.29. The number of hydrogen-bond acceptors (Lipinski definition) is 2. The topological polar surface area (TPSA) is 23.6 Å². The molecule has 0 aliphatic carbocycles. The van der Waals surface area contributed by atoms with Gasteiger partial charge in [-0.15, -0.1) is 0 Å². The first-order valence-corrected chi connectivity index (χ1v) is 5.49. The summed E-state index contributed by atoms with van der Waals surface area (Å²) < 4.78 is 0. The van der Waals surface area contributed by atoms with Gasteiger partial charge in [0.25, 0.3) is 0 Å². The van der Waals surface area contributed by atoms with Crippen LogP contribution in [0, 0.1) is 0 Å². The summed E-state index contributed by atoms with van der Waals surface area (Å²) in [7, 11) is 2.12. The van der Waals surface area contributed by atoms with Crippen LogP contribution in [0.5, 0.6) is 0 Å². The van der Waals surface area contributed by atoms with Gasteiger partial charge in [0.05, 0.1) is 0 Å². The van der Waals surface area contributed by atoms with Gasteiger partial charge >= 0.3 is 0 Å². The van der Waals surface area contributed by atoms with Crippen LogP contribution in [-0.2, 0) is 4.79 Å². The number of carbonyl (C=O) groups is 1. The van der Waals surface area contributed by atoms with Crippen LogP contribution in [-0.4, -0.2) is 47.9 Å². The number of nitrogens with zero attached hydrogens (tertiary/aromatic N) is 2. The molecule has 84 valence electrons. The van der Waals surface area contributed by atoms with Crippen molar-refractivity contribution in [2.45, 2.75) is 46.7 Å². The molecule has 0 aromatic heterocycles. The van der Waals surface area contributed by atoms with Gasteiger partial charge in [0.2, 0.25) is 5.91 Å². The maximum Gasteiger partial charge on any atom is 0.219 e. The van der Waals surface area contributed by atoms with E-state index in [2.05, 4.69) is 25.8 Å². The maximum atomic E-state index is 11.1. The highest BCUT2D eigenvalue weighted by atomic mass is 16.2. The molecule has 3 heteroatoms. The van der Waals surface area contributed by atoms with E-state index in [1.807, 2.05) is 18.7 Å². The molecule has 1 aliphatic rings. The number of hydrogen-bond donors (Lipinski definition) is 0. The van der Waals surface area contributed by atoms with E-state index in [1.165, 1.54) is 0 Å². The molecule has 1 amide bonds. The number of piperazine rings is 1. The second-order valence-electron chi connectivity index (χ2n) is 3.79. The number of rotatable bonds is 0. The van der Waals surface area contributed by atoms with Crippen LogP contribution in [0.3, 0.4) is 0 Å². The summed E-state index contributed by atoms with van der Waals surface area (Å²) in [6, 6.07) is 0.968. The van der Waals surface area contributed by atoms with E-state index >= 15 is 0 Å². The lowest BCUT2D eigenvalue weighted by atomic mass is 10.1. The zero-order valence-corrected chi connectivity index (χ0v) is 10.4. The quantitative estimate of drug-likeness (QED) is 0.593. The first kappa shape index (κ1) is 13.4. The van der Waals surface area contributed by atoms with Gasteiger partial charge in [0.15, 0.2) is 0 Å². The Kier molecular flexibility index (Phi) is 5.77. The van der Waals surface area contributed by atoms with Gasteiger partial charge in [0, 0.05) is 32.1 Å². The molecule has 0 bridgehead atoms. The van der Waals surface area contributed by atoms with E-state index in [0.717, 1.165) is 13.1 Å². The molecule has 2 atom stereocenters. The van der Waals surface area contributed by atoms with E-state index in [1.54, 1.807) is 6.92 Å². The average molecular weight is 200 g/mol. The summed E-state index contributed by atoms with van der Waals surface area (Å²) in [6.45, 7) is 11.7. The molecule has 1 fully saturated rings. The molecule has 0 radical (unpaired) electrons. The van der Waals surface area contributed by atoms with Gasteiger partial charge < -0.3 is 4.90 Å². The predicted molar refractivity (Wildman–Crippen MR) is 60.3 cm³/mol. The van der Waals surface area contributed by atoms with Crippen LogP contribution >= 0.6 is 0 Å². The molecule has 0 aromatic rings. The van der Waals surface area contributed by atoms with Crippen molar-refractivity contribution >= 4 is 5.91 Å². The largest absolute Gasteiger partial charge is 0.340 e. The Morgan fingerprint density at radius 1 is 1.14 bits per heavy atom. The molecular weight excluding hydrogens is 176 g/mol. The van der Waals surface area contributed by atoms with Crippen LogP contribution < -0.4 is 0 Å². The molecule has 1 saturated heterocycles. The SMILES string of the molecule is CC.CC(=O)N1C[C@@H](C)N(C)[C@@H](C)C1. The summed E-state index contributed by atoms with van der Waals surface area (Å²) in [5, 5.41) is 0. The fraction of sp³-hybridized carbons (Fsp3) is 0.909. The molecular formula is C11H24N2O. The first-order valence-electron chi connectivity index (χ1n) is 5.49. The fourth-order valence-electron chi connectivity index (χ4n) is 1.66. The summed E-state index contributed by atoms with van der Waals surface area (Å²) in [6.07, 6.45) is 0. The van der Waals surface area contributed by atoms with E-state index in [0.29, 0.717) is 12.1 Å². The van der Waals surface area contributed by atoms with E-state index < -0.39 is 0 Å². The van der Waals surface area contributed by atoms with E-state index in [9.17, 15) is 4.79 Å². The van der Waals surface area contributed by atoms with E-state index in [-0.39, 0.29) is 5.91 Å². The van der Waals surface area contributed by atoms with Crippen LogP contribution in [0.2, 0.25) is 0 Å². The standard InChI is InChI=1S/C9H18N2O.C2H6/c1-7-5-11(9(3)12)6-8(2)10(7)4;1-2/h7-8H,5-6H2,1-4H3;1-2H3/t7-,8+;. The molecule has 0 spiro atoms. The zero-order valence-electron chi connectivity index (χ0n) is 10.4. The fourth-order valence-corrected chi connectivity index (χ4v) is 1.66. The van der Waals surface area contributed by atoms with Crippen LogP contribution in [0.4, 0.5) is 0 Å². The smallest absolute Gasteiger partial charge is 0.219 e. The Balaban J connectivity index is 0.000000791. The highest BCUT2D eigenvalue weighted by Gasteiger charge is 2.27. The normalized spacial score (nSPS) is 28.0. The summed E-state index contributed by atoms with van der Waals surface area (Å²) in [5.41, 5.74) is 0. The molecule has 1 heterocycles. The molecule has 0 N–H and O–H groups in total. The molecule has 14 heavy (non-hydrogen) atoms. The lowest BCUT2D eigenvalue weighted by molar-refractivity contribution is -0.132. The van der Waals surface area contributed by atoms with Gasteiger partial charge in [-0.05, 0) is 20.9 Å². The van der Waals surface area contributed by atoms with Crippen molar-refractivity contribution in [3.8, 4) is 0 Å². The first-order chi connectivity index (χ1) is 6.52. The second-order valence-corrected chi connectivity index (χ2v) is 3.79.